The van der Waals surface area contributed by atoms with Gasteiger partial charge in [-0.15, -0.1) is 0 Å². The van der Waals surface area contributed by atoms with E-state index in [1.807, 2.05) is 13.8 Å². The van der Waals surface area contributed by atoms with Crippen LogP contribution in [0.3, 0.4) is 0 Å². The maximum Gasteiger partial charge on any atom is 0.589 e. The van der Waals surface area contributed by atoms with Gasteiger partial charge in [0.2, 0.25) is 0 Å². The summed E-state index contributed by atoms with van der Waals surface area (Å²) < 4.78 is 20.5. The summed E-state index contributed by atoms with van der Waals surface area (Å²) >= 11 is 0. The third-order valence-electron chi connectivity index (χ3n) is 3.06. The minimum absolute atomic E-state index is 0.207. The van der Waals surface area contributed by atoms with Crippen LogP contribution in [0.5, 0.6) is 0 Å². The molecule has 6 nitrogen and oxygen atoms in total. The van der Waals surface area contributed by atoms with Gasteiger partial charge in [0, 0.05) is 11.1 Å². The van der Waals surface area contributed by atoms with Crippen molar-refractivity contribution in [1.82, 2.24) is 0 Å². The van der Waals surface area contributed by atoms with Crippen LogP contribution in [-0.2, 0) is 23.2 Å². The fourth-order valence-electron chi connectivity index (χ4n) is 1.58. The summed E-state index contributed by atoms with van der Waals surface area (Å²) in [5.74, 6) is -1.93. The van der Waals surface area contributed by atoms with Crippen molar-refractivity contribution < 1.29 is 28.1 Å². The lowest BCUT2D eigenvalue weighted by Gasteiger charge is -2.12. The Labute approximate surface area is 138 Å². The maximum absolute atomic E-state index is 11.7. The normalized spacial score (nSPS) is 15.0. The van der Waals surface area contributed by atoms with E-state index in [0.717, 1.165) is 25.7 Å². The van der Waals surface area contributed by atoms with E-state index in [1.165, 1.54) is 13.8 Å². The van der Waals surface area contributed by atoms with Gasteiger partial charge in [-0.05, 0) is 26.7 Å². The second-order valence-electron chi connectivity index (χ2n) is 5.28. The van der Waals surface area contributed by atoms with Crippen LogP contribution in [0.4, 0.5) is 0 Å². The van der Waals surface area contributed by atoms with Crippen molar-refractivity contribution in [3.63, 3.8) is 0 Å². The van der Waals surface area contributed by atoms with Crippen LogP contribution in [0.2, 0.25) is 0 Å². The second kappa shape index (κ2) is 11.2. The van der Waals surface area contributed by atoms with Crippen LogP contribution >= 0.6 is 7.82 Å². The number of carbonyl (C=O) groups is 2. The lowest BCUT2D eigenvalue weighted by molar-refractivity contribution is -0.135. The summed E-state index contributed by atoms with van der Waals surface area (Å²) in [6.07, 6.45) is 8.35. The summed E-state index contributed by atoms with van der Waals surface area (Å²) in [5.41, 5.74) is 0.415. The monoisotopic (exact) mass is 346 g/mol. The molecule has 7 heteroatoms. The molecule has 0 aromatic carbocycles. The van der Waals surface area contributed by atoms with E-state index in [4.69, 9.17) is 0 Å². The molecule has 0 saturated carbocycles. The molecule has 1 N–H and O–H groups in total. The highest BCUT2D eigenvalue weighted by Crippen LogP contribution is 2.44. The van der Waals surface area contributed by atoms with Crippen LogP contribution in [0.15, 0.2) is 23.3 Å². The number of hydrogen-bond donors (Lipinski definition) is 1. The lowest BCUT2D eigenvalue weighted by Crippen LogP contribution is -2.10. The maximum atomic E-state index is 11.7. The van der Waals surface area contributed by atoms with E-state index in [1.54, 1.807) is 12.2 Å². The Hall–Kier alpha value is -1.39. The first-order valence-electron chi connectivity index (χ1n) is 7.87. The van der Waals surface area contributed by atoms with Crippen molar-refractivity contribution in [2.24, 2.45) is 0 Å². The van der Waals surface area contributed by atoms with Gasteiger partial charge in [-0.1, -0.05) is 51.7 Å². The second-order valence-corrected chi connectivity index (χ2v) is 6.59. The first kappa shape index (κ1) is 21.6. The molecule has 0 aliphatic heterocycles. The van der Waals surface area contributed by atoms with Crippen LogP contribution in [0.1, 0.15) is 66.2 Å². The molecule has 0 bridgehead atoms. The molecule has 132 valence electrons. The third-order valence-corrected chi connectivity index (χ3v) is 3.85. The Morgan fingerprint density at radius 3 is 1.57 bits per heavy atom. The first-order chi connectivity index (χ1) is 10.7. The summed E-state index contributed by atoms with van der Waals surface area (Å²) in [5, 5.41) is 0. The Kier molecular flexibility index (Phi) is 10.5. The van der Waals surface area contributed by atoms with Crippen LogP contribution in [-0.4, -0.2) is 16.8 Å². The van der Waals surface area contributed by atoms with Crippen LogP contribution in [0, 0.1) is 0 Å². The van der Waals surface area contributed by atoms with Gasteiger partial charge in [-0.3, -0.25) is 4.89 Å². The molecule has 0 aromatic rings. The number of phosphoric ester groups is 1. The number of carbonyl (C=O) groups excluding carboxylic acids is 2. The largest absolute Gasteiger partial charge is 0.589 e. The predicted octanol–water partition coefficient (Wildman–Crippen LogP) is 4.45. The molecular formula is C16H27O6P. The fourth-order valence-corrected chi connectivity index (χ4v) is 2.33. The fraction of sp³-hybridized carbons (Fsp3) is 0.625. The topological polar surface area (TPSA) is 89.9 Å². The predicted molar refractivity (Wildman–Crippen MR) is 88.6 cm³/mol. The van der Waals surface area contributed by atoms with Crippen molar-refractivity contribution in [1.29, 1.82) is 0 Å². The van der Waals surface area contributed by atoms with Crippen LogP contribution < -0.4 is 0 Å². The Bertz CT molecular complexity index is 465. The summed E-state index contributed by atoms with van der Waals surface area (Å²) in [7, 11) is -4.77. The standard InChI is InChI=1S/C16H27O6P/c1-5-7-9-11-13(3)15(17)21-23(19,20)22-16(18)14(4)12-10-8-6-2/h11-12H,5-10H2,1-4H3,(H,19,20). The lowest BCUT2D eigenvalue weighted by atomic mass is 10.2. The highest BCUT2D eigenvalue weighted by atomic mass is 31.2. The quantitative estimate of drug-likeness (QED) is 0.357. The van der Waals surface area contributed by atoms with Gasteiger partial charge in [0.05, 0.1) is 0 Å². The molecule has 0 aromatic heterocycles. The molecule has 0 amide bonds. The van der Waals surface area contributed by atoms with Gasteiger partial charge in [0.1, 0.15) is 0 Å². The average Bonchev–Trinajstić information content (AvgIpc) is 2.46. The average molecular weight is 346 g/mol. The Morgan fingerprint density at radius 1 is 0.913 bits per heavy atom. The summed E-state index contributed by atoms with van der Waals surface area (Å²) in [6, 6.07) is 0. The molecule has 0 spiro atoms. The van der Waals surface area contributed by atoms with E-state index in [0.29, 0.717) is 12.8 Å². The molecule has 0 aliphatic carbocycles. The van der Waals surface area contributed by atoms with E-state index >= 15 is 0 Å². The smallest absolute Gasteiger partial charge is 0.358 e. The van der Waals surface area contributed by atoms with Crippen LogP contribution in [0.25, 0.3) is 0 Å². The molecule has 0 aliphatic rings. The Morgan fingerprint density at radius 2 is 1.26 bits per heavy atom. The molecule has 0 radical (unpaired) electrons. The van der Waals surface area contributed by atoms with E-state index in [2.05, 4.69) is 9.05 Å². The number of phosphoric acid groups is 1. The van der Waals surface area contributed by atoms with Gasteiger partial charge in [0.15, 0.2) is 0 Å². The van der Waals surface area contributed by atoms with Crippen molar-refractivity contribution in [2.75, 3.05) is 0 Å². The highest BCUT2D eigenvalue weighted by Gasteiger charge is 2.31. The number of allylic oxidation sites excluding steroid dienone is 2. The van der Waals surface area contributed by atoms with Crippen molar-refractivity contribution in [2.45, 2.75) is 66.2 Å². The van der Waals surface area contributed by atoms with E-state index < -0.39 is 19.8 Å². The number of unbranched alkanes of at least 4 members (excludes halogenated alkanes) is 4. The SMILES string of the molecule is CCCCC=C(C)C(=O)OP(=O)(O)OC(=O)C(C)=CCCCC. The highest BCUT2D eigenvalue weighted by molar-refractivity contribution is 7.48. The molecule has 0 atom stereocenters. The number of rotatable bonds is 10. The van der Waals surface area contributed by atoms with Crippen molar-refractivity contribution in [3.8, 4) is 0 Å². The molecular weight excluding hydrogens is 319 g/mol. The molecule has 0 saturated heterocycles. The molecule has 0 heterocycles. The van der Waals surface area contributed by atoms with Crippen molar-refractivity contribution >= 4 is 19.8 Å². The minimum Gasteiger partial charge on any atom is -0.358 e. The molecule has 0 fully saturated rings. The zero-order valence-electron chi connectivity index (χ0n) is 14.3. The summed E-state index contributed by atoms with van der Waals surface area (Å²) in [4.78, 5) is 32.9. The van der Waals surface area contributed by atoms with Crippen molar-refractivity contribution in [3.05, 3.63) is 23.3 Å². The van der Waals surface area contributed by atoms with Gasteiger partial charge < -0.3 is 9.05 Å². The van der Waals surface area contributed by atoms with E-state index in [9.17, 15) is 19.0 Å². The first-order valence-corrected chi connectivity index (χ1v) is 9.37. The van der Waals surface area contributed by atoms with E-state index in [-0.39, 0.29) is 11.1 Å². The molecule has 23 heavy (non-hydrogen) atoms. The van der Waals surface area contributed by atoms with Gasteiger partial charge in [-0.2, -0.15) is 0 Å². The summed E-state index contributed by atoms with van der Waals surface area (Å²) in [6.45, 7) is 6.99. The zero-order valence-corrected chi connectivity index (χ0v) is 15.2. The molecule has 0 rings (SSSR count). The van der Waals surface area contributed by atoms with Gasteiger partial charge in [-0.25, -0.2) is 14.2 Å². The number of hydrogen-bond acceptors (Lipinski definition) is 5. The molecule has 0 unspecified atom stereocenters. The van der Waals surface area contributed by atoms with Gasteiger partial charge >= 0.3 is 19.8 Å². The minimum atomic E-state index is -4.77. The van der Waals surface area contributed by atoms with Gasteiger partial charge in [0.25, 0.3) is 0 Å². The zero-order chi connectivity index (χ0) is 17.9. The Balaban J connectivity index is 4.60. The third kappa shape index (κ3) is 10.1.